The van der Waals surface area contributed by atoms with Gasteiger partial charge in [0.1, 0.15) is 0 Å². The van der Waals surface area contributed by atoms with E-state index in [-0.39, 0.29) is 0 Å². The summed E-state index contributed by atoms with van der Waals surface area (Å²) in [5.41, 5.74) is 0. The van der Waals surface area contributed by atoms with Gasteiger partial charge in [-0.25, -0.2) is 0 Å². The predicted octanol–water partition coefficient (Wildman–Crippen LogP) is 1.32. The van der Waals surface area contributed by atoms with E-state index in [4.69, 9.17) is 16.7 Å². The van der Waals surface area contributed by atoms with Crippen molar-refractivity contribution in [3.63, 3.8) is 0 Å². The molecule has 0 bridgehead atoms. The lowest BCUT2D eigenvalue weighted by Crippen LogP contribution is -2.26. The van der Waals surface area contributed by atoms with Crippen molar-refractivity contribution < 1.29 is 5.11 Å². The minimum atomic E-state index is 0.356. The monoisotopic (exact) mass is 191 g/mol. The molecule has 0 amide bonds. The van der Waals surface area contributed by atoms with Crippen molar-refractivity contribution in [2.24, 2.45) is 5.92 Å². The molecule has 0 aliphatic carbocycles. The highest BCUT2D eigenvalue weighted by Gasteiger charge is 2.15. The first-order valence-corrected chi connectivity index (χ1v) is 5.29. The van der Waals surface area contributed by atoms with E-state index in [0.717, 1.165) is 31.9 Å². The minimum absolute atomic E-state index is 0.356. The molecule has 3 heteroatoms. The Morgan fingerprint density at radius 2 is 2.17 bits per heavy atom. The van der Waals surface area contributed by atoms with Gasteiger partial charge in [0.05, 0.1) is 0 Å². The van der Waals surface area contributed by atoms with E-state index in [1.165, 1.54) is 12.8 Å². The number of rotatable bonds is 3. The molecule has 1 atom stereocenters. The fourth-order valence-corrected chi connectivity index (χ4v) is 1.99. The van der Waals surface area contributed by atoms with Crippen molar-refractivity contribution in [2.45, 2.75) is 19.3 Å². The van der Waals surface area contributed by atoms with Gasteiger partial charge in [0.2, 0.25) is 0 Å². The predicted molar refractivity (Wildman–Crippen MR) is 51.6 cm³/mol. The van der Waals surface area contributed by atoms with Crippen LogP contribution in [0.2, 0.25) is 0 Å². The Morgan fingerprint density at radius 3 is 2.83 bits per heavy atom. The third-order valence-corrected chi connectivity index (χ3v) is 2.77. The molecule has 1 aliphatic heterocycles. The van der Waals surface area contributed by atoms with Gasteiger partial charge < -0.3 is 10.0 Å². The zero-order chi connectivity index (χ0) is 8.81. The van der Waals surface area contributed by atoms with Crippen LogP contribution >= 0.6 is 11.6 Å². The molecular formula is C9H18ClNO. The zero-order valence-corrected chi connectivity index (χ0v) is 8.26. The highest BCUT2D eigenvalue weighted by Crippen LogP contribution is 2.16. The molecule has 0 spiro atoms. The first kappa shape index (κ1) is 10.3. The molecular weight excluding hydrogens is 174 g/mol. The Kier molecular flexibility index (Phi) is 4.96. The van der Waals surface area contributed by atoms with E-state index in [1.54, 1.807) is 0 Å². The standard InChI is InChI=1S/C9H18ClNO/c10-4-7-11-5-1-2-9(8-12)3-6-11/h9,12H,1-8H2. The molecule has 72 valence electrons. The van der Waals surface area contributed by atoms with Crippen molar-refractivity contribution in [1.29, 1.82) is 0 Å². The van der Waals surface area contributed by atoms with Gasteiger partial charge in [-0.2, -0.15) is 0 Å². The maximum Gasteiger partial charge on any atom is 0.0459 e. The van der Waals surface area contributed by atoms with Gasteiger partial charge in [0.25, 0.3) is 0 Å². The van der Waals surface area contributed by atoms with Crippen LogP contribution in [0.5, 0.6) is 0 Å². The van der Waals surface area contributed by atoms with Gasteiger partial charge >= 0.3 is 0 Å². The molecule has 1 saturated heterocycles. The third-order valence-electron chi connectivity index (χ3n) is 2.60. The van der Waals surface area contributed by atoms with Crippen LogP contribution < -0.4 is 0 Å². The van der Waals surface area contributed by atoms with Gasteiger partial charge in [-0.1, -0.05) is 0 Å². The highest BCUT2D eigenvalue weighted by molar-refractivity contribution is 6.18. The zero-order valence-electron chi connectivity index (χ0n) is 7.51. The fraction of sp³-hybridized carbons (Fsp3) is 1.00. The fourth-order valence-electron chi connectivity index (χ4n) is 1.75. The summed E-state index contributed by atoms with van der Waals surface area (Å²) in [5, 5.41) is 8.99. The molecule has 12 heavy (non-hydrogen) atoms. The van der Waals surface area contributed by atoms with Crippen molar-refractivity contribution in [2.75, 3.05) is 32.1 Å². The normalized spacial score (nSPS) is 27.0. The average Bonchev–Trinajstić information content (AvgIpc) is 2.31. The largest absolute Gasteiger partial charge is 0.396 e. The maximum atomic E-state index is 8.99. The van der Waals surface area contributed by atoms with Crippen LogP contribution in [0.3, 0.4) is 0 Å². The summed E-state index contributed by atoms with van der Waals surface area (Å²) in [7, 11) is 0. The SMILES string of the molecule is OCC1CCCN(CCCl)CC1. The van der Waals surface area contributed by atoms with Gasteiger partial charge in [-0.05, 0) is 38.3 Å². The van der Waals surface area contributed by atoms with E-state index in [2.05, 4.69) is 4.90 Å². The Morgan fingerprint density at radius 1 is 1.33 bits per heavy atom. The number of alkyl halides is 1. The second-order valence-electron chi connectivity index (χ2n) is 3.51. The van der Waals surface area contributed by atoms with Crippen molar-refractivity contribution in [3.05, 3.63) is 0 Å². The Labute approximate surface area is 79.5 Å². The van der Waals surface area contributed by atoms with E-state index in [1.807, 2.05) is 0 Å². The summed E-state index contributed by atoms with van der Waals surface area (Å²) < 4.78 is 0. The quantitative estimate of drug-likeness (QED) is 0.681. The summed E-state index contributed by atoms with van der Waals surface area (Å²) in [6.07, 6.45) is 3.52. The Hall–Kier alpha value is 0.210. The first-order chi connectivity index (χ1) is 5.86. The molecule has 1 fully saturated rings. The van der Waals surface area contributed by atoms with Crippen LogP contribution in [0, 0.1) is 5.92 Å². The number of hydrogen-bond acceptors (Lipinski definition) is 2. The van der Waals surface area contributed by atoms with Gasteiger partial charge in [-0.15, -0.1) is 11.6 Å². The lowest BCUT2D eigenvalue weighted by Gasteiger charge is -2.17. The van der Waals surface area contributed by atoms with Gasteiger partial charge in [0, 0.05) is 19.0 Å². The number of hydrogen-bond donors (Lipinski definition) is 1. The summed E-state index contributed by atoms with van der Waals surface area (Å²) in [6, 6.07) is 0. The van der Waals surface area contributed by atoms with Crippen LogP contribution in [0.15, 0.2) is 0 Å². The number of halogens is 1. The van der Waals surface area contributed by atoms with Gasteiger partial charge in [-0.3, -0.25) is 0 Å². The minimum Gasteiger partial charge on any atom is -0.396 e. The molecule has 0 aromatic rings. The highest BCUT2D eigenvalue weighted by atomic mass is 35.5. The van der Waals surface area contributed by atoms with Crippen LogP contribution in [-0.2, 0) is 0 Å². The maximum absolute atomic E-state index is 8.99. The van der Waals surface area contributed by atoms with Gasteiger partial charge in [0.15, 0.2) is 0 Å². The first-order valence-electron chi connectivity index (χ1n) is 4.76. The lowest BCUT2D eigenvalue weighted by atomic mass is 10.0. The Bertz CT molecular complexity index is 121. The molecule has 1 N–H and O–H groups in total. The van der Waals surface area contributed by atoms with Crippen molar-refractivity contribution in [1.82, 2.24) is 4.90 Å². The van der Waals surface area contributed by atoms with Crippen molar-refractivity contribution >= 4 is 11.6 Å². The van der Waals surface area contributed by atoms with E-state index < -0.39 is 0 Å². The topological polar surface area (TPSA) is 23.5 Å². The van der Waals surface area contributed by atoms with Crippen LogP contribution in [0.4, 0.5) is 0 Å². The summed E-state index contributed by atoms with van der Waals surface area (Å²) in [6.45, 7) is 3.62. The molecule has 1 heterocycles. The smallest absolute Gasteiger partial charge is 0.0459 e. The summed E-state index contributed by atoms with van der Waals surface area (Å²) in [5.74, 6) is 1.26. The molecule has 0 aromatic heterocycles. The Balaban J connectivity index is 2.24. The third kappa shape index (κ3) is 3.30. The molecule has 0 radical (unpaired) electrons. The second kappa shape index (κ2) is 5.79. The number of nitrogens with zero attached hydrogens (tertiary/aromatic N) is 1. The molecule has 2 nitrogen and oxygen atoms in total. The molecule has 1 unspecified atom stereocenters. The molecule has 0 aromatic carbocycles. The second-order valence-corrected chi connectivity index (χ2v) is 3.89. The van der Waals surface area contributed by atoms with Crippen LogP contribution in [0.1, 0.15) is 19.3 Å². The summed E-state index contributed by atoms with van der Waals surface area (Å²) in [4.78, 5) is 2.39. The lowest BCUT2D eigenvalue weighted by molar-refractivity contribution is 0.209. The van der Waals surface area contributed by atoms with Crippen molar-refractivity contribution in [3.8, 4) is 0 Å². The number of aliphatic hydroxyl groups is 1. The van der Waals surface area contributed by atoms with Crippen LogP contribution in [-0.4, -0.2) is 42.1 Å². The molecule has 1 rings (SSSR count). The number of likely N-dealkylation sites (tertiary alicyclic amines) is 1. The van der Waals surface area contributed by atoms with Crippen LogP contribution in [0.25, 0.3) is 0 Å². The summed E-state index contributed by atoms with van der Waals surface area (Å²) >= 11 is 5.67. The number of aliphatic hydroxyl groups excluding tert-OH is 1. The average molecular weight is 192 g/mol. The van der Waals surface area contributed by atoms with E-state index in [9.17, 15) is 0 Å². The molecule has 0 saturated carbocycles. The van der Waals surface area contributed by atoms with E-state index in [0.29, 0.717) is 12.5 Å². The molecule has 1 aliphatic rings. The van der Waals surface area contributed by atoms with E-state index >= 15 is 0 Å².